The maximum Gasteiger partial charge on any atom is 0.220 e. The minimum atomic E-state index is 0.383. The van der Waals surface area contributed by atoms with Gasteiger partial charge in [0.25, 0.3) is 0 Å². The maximum atomic E-state index is 12.6. The van der Waals surface area contributed by atoms with Crippen LogP contribution in [-0.4, -0.2) is 9.13 Å². The van der Waals surface area contributed by atoms with Crippen molar-refractivity contribution < 1.29 is 4.42 Å². The first kappa shape index (κ1) is 49.1. The number of aromatic nitrogens is 2. The van der Waals surface area contributed by atoms with Crippen LogP contribution in [0.1, 0.15) is 5.56 Å². The van der Waals surface area contributed by atoms with Crippen molar-refractivity contribution in [3.05, 3.63) is 284 Å². The molecule has 0 aliphatic carbocycles. The van der Waals surface area contributed by atoms with Crippen LogP contribution in [0.3, 0.4) is 0 Å². The molecule has 0 radical (unpaired) electrons. The Labute approximate surface area is 506 Å². The van der Waals surface area contributed by atoms with Gasteiger partial charge >= 0.3 is 0 Å². The van der Waals surface area contributed by atoms with E-state index in [2.05, 4.69) is 240 Å². The second kappa shape index (κ2) is 19.1. The van der Waals surface area contributed by atoms with Gasteiger partial charge < -0.3 is 13.6 Å². The predicted molar refractivity (Wildman–Crippen MR) is 366 cm³/mol. The van der Waals surface area contributed by atoms with E-state index in [1.54, 1.807) is 22.7 Å². The number of fused-ring (bicyclic) bond motifs is 17. The van der Waals surface area contributed by atoms with Crippen molar-refractivity contribution >= 4 is 134 Å². The fourth-order valence-corrected chi connectivity index (χ4v) is 16.7. The third-order valence-corrected chi connectivity index (χ3v) is 20.1. The Bertz CT molecular complexity index is 5840. The van der Waals surface area contributed by atoms with Crippen LogP contribution < -0.4 is 0 Å². The van der Waals surface area contributed by atoms with E-state index in [9.17, 15) is 11.8 Å². The molecule has 0 amide bonds. The zero-order chi connectivity index (χ0) is 57.4. The zero-order valence-corrected chi connectivity index (χ0v) is 48.1. The maximum absolute atomic E-state index is 12.6. The number of hydrogen-bond acceptors (Lipinski definition) is 4. The number of rotatable bonds is 7. The van der Waals surface area contributed by atoms with Gasteiger partial charge in [-0.15, -0.1) is 22.7 Å². The Morgan fingerprint density at radius 1 is 0.368 bits per heavy atom. The molecule has 0 saturated heterocycles. The van der Waals surface area contributed by atoms with Crippen LogP contribution in [0.2, 0.25) is 0 Å². The molecule has 5 heterocycles. The lowest BCUT2D eigenvalue weighted by Crippen LogP contribution is -2.09. The standard InChI is InChI=1S/C80H44N4OS2/c1-82-74-69(49-27-10-4-11-28-49)62(46-81)75(70(50-29-12-5-13-30-50)78(74)83-63-36-18-14-31-53(63)54-42-41-51(43-64(54)83)52-35-22-38-66-71(52)55-32-15-19-37-65(55)85-66)84-76-60(44-58(47-23-6-2-7-24-47)72-56-33-16-20-39-67(56)86-79(72)76)61-45-59(48-25-8-3-9-26-48)73-57-34-17-21-40-68(57)87-80(73)77(61)84/h2-45H. The van der Waals surface area contributed by atoms with E-state index in [0.29, 0.717) is 28.2 Å². The molecule has 87 heavy (non-hydrogen) atoms. The van der Waals surface area contributed by atoms with Crippen molar-refractivity contribution in [1.82, 2.24) is 9.13 Å². The van der Waals surface area contributed by atoms with E-state index in [1.807, 2.05) is 42.5 Å². The second-order valence-corrected chi connectivity index (χ2v) is 24.4. The summed E-state index contributed by atoms with van der Waals surface area (Å²) in [4.78, 5) is 4.72. The highest BCUT2D eigenvalue weighted by molar-refractivity contribution is 7.27. The van der Waals surface area contributed by atoms with Gasteiger partial charge in [0.15, 0.2) is 0 Å². The molecule has 0 aliphatic rings. The lowest BCUT2D eigenvalue weighted by molar-refractivity contribution is 0.669. The number of benzene rings is 13. The van der Waals surface area contributed by atoms with Crippen molar-refractivity contribution in [3.63, 3.8) is 0 Å². The Morgan fingerprint density at radius 2 is 0.862 bits per heavy atom. The average molecular weight is 1140 g/mol. The van der Waals surface area contributed by atoms with Gasteiger partial charge in [0.05, 0.1) is 55.0 Å². The number of nitrogens with zero attached hydrogens (tertiary/aromatic N) is 4. The van der Waals surface area contributed by atoms with E-state index in [1.165, 1.54) is 20.2 Å². The number of nitriles is 1. The number of furan rings is 1. The first-order chi connectivity index (χ1) is 43.1. The summed E-state index contributed by atoms with van der Waals surface area (Å²) in [6.45, 7) is 9.70. The summed E-state index contributed by atoms with van der Waals surface area (Å²) in [6.07, 6.45) is 0. The lowest BCUT2D eigenvalue weighted by atomic mass is 9.88. The molecular formula is C80H44N4OS2. The molecule has 0 atom stereocenters. The van der Waals surface area contributed by atoms with Crippen molar-refractivity contribution in [1.29, 1.82) is 5.26 Å². The van der Waals surface area contributed by atoms with Crippen LogP contribution in [0.25, 0.3) is 178 Å². The Hall–Kier alpha value is -11.3. The lowest BCUT2D eigenvalue weighted by Gasteiger charge is -2.26. The monoisotopic (exact) mass is 1140 g/mol. The predicted octanol–water partition coefficient (Wildman–Crippen LogP) is 23.3. The Balaban J connectivity index is 1.11. The number of thiophene rings is 2. The van der Waals surface area contributed by atoms with E-state index in [-0.39, 0.29) is 0 Å². The van der Waals surface area contributed by atoms with Crippen LogP contribution >= 0.6 is 22.7 Å². The zero-order valence-electron chi connectivity index (χ0n) is 46.4. The molecule has 0 fully saturated rings. The highest BCUT2D eigenvalue weighted by Gasteiger charge is 2.34. The SMILES string of the molecule is [C-]#[N+]c1c(-c2ccccc2)c(C#N)c(-n2c3c(cc(-c4ccccc4)c4c5ccccc5sc43)c3cc(-c4ccccc4)c4c5ccccc5sc4c32)c(-c2ccccc2)c1-n1c2ccccc2c2ccc(-c3cccc4oc5ccccc5c34)cc21. The van der Waals surface area contributed by atoms with E-state index in [0.717, 1.165) is 136 Å². The van der Waals surface area contributed by atoms with Crippen molar-refractivity contribution in [2.45, 2.75) is 0 Å². The molecule has 402 valence electrons. The number of para-hydroxylation sites is 2. The molecule has 18 aromatic rings. The van der Waals surface area contributed by atoms with Crippen LogP contribution in [0, 0.1) is 17.9 Å². The van der Waals surface area contributed by atoms with E-state index < -0.39 is 0 Å². The Kier molecular flexibility index (Phi) is 10.8. The van der Waals surface area contributed by atoms with Gasteiger partial charge in [-0.05, 0) is 93.0 Å². The molecule has 0 saturated carbocycles. The molecular weight excluding hydrogens is 1100 g/mol. The van der Waals surface area contributed by atoms with Crippen molar-refractivity contribution in [3.8, 4) is 73.1 Å². The molecule has 18 rings (SSSR count). The quantitative estimate of drug-likeness (QED) is 0.149. The first-order valence-electron chi connectivity index (χ1n) is 29.1. The molecule has 0 N–H and O–H groups in total. The molecule has 5 nitrogen and oxygen atoms in total. The van der Waals surface area contributed by atoms with Gasteiger partial charge in [0.1, 0.15) is 17.2 Å². The highest BCUT2D eigenvalue weighted by atomic mass is 32.1. The topological polar surface area (TPSA) is 51.1 Å². The second-order valence-electron chi connectivity index (χ2n) is 22.3. The van der Waals surface area contributed by atoms with Gasteiger partial charge in [-0.2, -0.15) is 5.26 Å². The van der Waals surface area contributed by atoms with Crippen molar-refractivity contribution in [2.24, 2.45) is 0 Å². The summed E-state index contributed by atoms with van der Waals surface area (Å²) in [7, 11) is 0. The minimum absolute atomic E-state index is 0.383. The summed E-state index contributed by atoms with van der Waals surface area (Å²) in [5, 5.41) is 23.6. The fraction of sp³-hybridized carbons (Fsp3) is 0. The minimum Gasteiger partial charge on any atom is -0.456 e. The fourth-order valence-electron chi connectivity index (χ4n) is 14.2. The van der Waals surface area contributed by atoms with Crippen LogP contribution in [0.4, 0.5) is 5.69 Å². The normalized spacial score (nSPS) is 11.9. The van der Waals surface area contributed by atoms with E-state index in [4.69, 9.17) is 9.26 Å². The number of hydrogen-bond donors (Lipinski definition) is 0. The third kappa shape index (κ3) is 7.10. The molecule has 13 aromatic carbocycles. The summed E-state index contributed by atoms with van der Waals surface area (Å²) < 4.78 is 15.9. The van der Waals surface area contributed by atoms with E-state index >= 15 is 0 Å². The summed E-state index contributed by atoms with van der Waals surface area (Å²) in [5.74, 6) is 0. The van der Waals surface area contributed by atoms with Gasteiger partial charge in [0.2, 0.25) is 5.69 Å². The molecule has 0 aliphatic heterocycles. The van der Waals surface area contributed by atoms with Crippen LogP contribution in [-0.2, 0) is 0 Å². The highest BCUT2D eigenvalue weighted by Crippen LogP contribution is 2.57. The summed E-state index contributed by atoms with van der Waals surface area (Å²) in [5.41, 5.74) is 17.3. The van der Waals surface area contributed by atoms with Gasteiger partial charge in [-0.3, -0.25) is 0 Å². The van der Waals surface area contributed by atoms with Crippen molar-refractivity contribution in [2.75, 3.05) is 0 Å². The first-order valence-corrected chi connectivity index (χ1v) is 30.7. The van der Waals surface area contributed by atoms with Gasteiger partial charge in [0, 0.05) is 74.4 Å². The smallest absolute Gasteiger partial charge is 0.220 e. The Morgan fingerprint density at radius 3 is 1.45 bits per heavy atom. The third-order valence-electron chi connectivity index (χ3n) is 17.8. The van der Waals surface area contributed by atoms with Gasteiger partial charge in [-0.1, -0.05) is 218 Å². The average Bonchev–Trinajstić information content (AvgIpc) is 1.60. The molecule has 0 spiro atoms. The molecule has 5 aromatic heterocycles. The van der Waals surface area contributed by atoms with Gasteiger partial charge in [-0.25, -0.2) is 4.85 Å². The summed E-state index contributed by atoms with van der Waals surface area (Å²) >= 11 is 3.61. The molecule has 0 unspecified atom stereocenters. The summed E-state index contributed by atoms with van der Waals surface area (Å²) in [6, 6.07) is 97.5. The van der Waals surface area contributed by atoms with Crippen LogP contribution in [0.5, 0.6) is 0 Å². The molecule has 0 bridgehead atoms. The van der Waals surface area contributed by atoms with Crippen LogP contribution in [0.15, 0.2) is 271 Å². The largest absolute Gasteiger partial charge is 0.456 e. The molecule has 7 heteroatoms.